The van der Waals surface area contributed by atoms with Crippen molar-refractivity contribution < 1.29 is 10.2 Å². The van der Waals surface area contributed by atoms with E-state index in [1.165, 1.54) is 63.1 Å². The average Bonchev–Trinajstić information content (AvgIpc) is 2.42. The predicted octanol–water partition coefficient (Wildman–Crippen LogP) is 4.32. The number of thiocarbonyl (C=S) groups is 1. The lowest BCUT2D eigenvalue weighted by Gasteiger charge is -2.07. The molecule has 0 radical (unpaired) electrons. The van der Waals surface area contributed by atoms with Crippen LogP contribution in [0.3, 0.4) is 0 Å². The predicted molar refractivity (Wildman–Crippen MR) is 90.0 cm³/mol. The van der Waals surface area contributed by atoms with Crippen molar-refractivity contribution in [3.05, 3.63) is 0 Å². The Labute approximate surface area is 128 Å². The summed E-state index contributed by atoms with van der Waals surface area (Å²) >= 11 is 6.75. The number of rotatable bonds is 13. The third kappa shape index (κ3) is 14.6. The van der Waals surface area contributed by atoms with Crippen molar-refractivity contribution in [2.75, 3.05) is 12.4 Å². The van der Waals surface area contributed by atoms with Crippen molar-refractivity contribution in [2.24, 2.45) is 0 Å². The summed E-state index contributed by atoms with van der Waals surface area (Å²) in [7, 11) is 0. The third-order valence-corrected chi connectivity index (χ3v) is 4.77. The van der Waals surface area contributed by atoms with E-state index in [0.717, 1.165) is 17.0 Å². The van der Waals surface area contributed by atoms with Crippen LogP contribution in [0.25, 0.3) is 0 Å². The molecule has 0 aromatic heterocycles. The van der Waals surface area contributed by atoms with E-state index in [9.17, 15) is 5.11 Å². The summed E-state index contributed by atoms with van der Waals surface area (Å²) in [5.74, 6) is 0.521. The summed E-state index contributed by atoms with van der Waals surface area (Å²) in [6, 6.07) is 0. The van der Waals surface area contributed by atoms with Gasteiger partial charge in [-0.05, 0) is 12.8 Å². The van der Waals surface area contributed by atoms with Crippen LogP contribution in [0.15, 0.2) is 0 Å². The second-order valence-corrected chi connectivity index (χ2v) is 6.96. The van der Waals surface area contributed by atoms with Gasteiger partial charge < -0.3 is 10.2 Å². The van der Waals surface area contributed by atoms with Gasteiger partial charge in [0, 0.05) is 9.95 Å². The average molecular weight is 307 g/mol. The van der Waals surface area contributed by atoms with Crippen molar-refractivity contribution in [3.8, 4) is 0 Å². The Morgan fingerprint density at radius 3 is 2.05 bits per heavy atom. The molecule has 2 nitrogen and oxygen atoms in total. The molecule has 0 spiro atoms. The van der Waals surface area contributed by atoms with Gasteiger partial charge in [-0.1, -0.05) is 70.5 Å². The van der Waals surface area contributed by atoms with E-state index in [4.69, 9.17) is 17.3 Å². The Bertz CT molecular complexity index is 210. The van der Waals surface area contributed by atoms with E-state index in [1.807, 2.05) is 0 Å². The minimum absolute atomic E-state index is 0.173. The number of hydrogen-bond donors (Lipinski definition) is 2. The van der Waals surface area contributed by atoms with Crippen molar-refractivity contribution >= 4 is 28.2 Å². The standard InChI is InChI=1S/C15H30O2S2/c1-2-3-4-5-6-7-8-9-10-11-15(18)19-13-14(17)12-16/h14,16-17H,2-13H2,1H3/t14-/m0/s1. The lowest BCUT2D eigenvalue weighted by atomic mass is 10.1. The molecule has 0 bridgehead atoms. The van der Waals surface area contributed by atoms with Crippen molar-refractivity contribution in [3.63, 3.8) is 0 Å². The fourth-order valence-electron chi connectivity index (χ4n) is 1.89. The fraction of sp³-hybridized carbons (Fsp3) is 0.933. The molecular weight excluding hydrogens is 276 g/mol. The lowest BCUT2D eigenvalue weighted by Crippen LogP contribution is -2.15. The Morgan fingerprint density at radius 1 is 1.00 bits per heavy atom. The number of aliphatic hydroxyl groups is 2. The maximum Gasteiger partial charge on any atom is 0.0864 e. The normalized spacial score (nSPS) is 12.6. The van der Waals surface area contributed by atoms with Gasteiger partial charge >= 0.3 is 0 Å². The fourth-order valence-corrected chi connectivity index (χ4v) is 3.01. The molecule has 19 heavy (non-hydrogen) atoms. The molecule has 0 aliphatic carbocycles. The first kappa shape index (κ1) is 19.4. The van der Waals surface area contributed by atoms with Crippen LogP contribution in [0.1, 0.15) is 71.1 Å². The molecule has 0 aromatic carbocycles. The summed E-state index contributed by atoms with van der Waals surface area (Å²) < 4.78 is 0.968. The maximum atomic E-state index is 9.21. The zero-order valence-corrected chi connectivity index (χ0v) is 13.9. The van der Waals surface area contributed by atoms with E-state index in [2.05, 4.69) is 6.92 Å². The van der Waals surface area contributed by atoms with E-state index >= 15 is 0 Å². The summed E-state index contributed by atoms with van der Waals surface area (Å²) in [6.07, 6.45) is 12.3. The Hall–Kier alpha value is 0.360. The minimum atomic E-state index is -0.633. The summed E-state index contributed by atoms with van der Waals surface area (Å²) in [6.45, 7) is 2.08. The highest BCUT2D eigenvalue weighted by Crippen LogP contribution is 2.15. The number of unbranched alkanes of at least 4 members (excludes halogenated alkanes) is 8. The number of hydrogen-bond acceptors (Lipinski definition) is 4. The summed E-state index contributed by atoms with van der Waals surface area (Å²) in [5.41, 5.74) is 0. The summed E-state index contributed by atoms with van der Waals surface area (Å²) in [4.78, 5) is 0. The summed E-state index contributed by atoms with van der Waals surface area (Å²) in [5, 5.41) is 17.9. The van der Waals surface area contributed by atoms with E-state index in [-0.39, 0.29) is 6.61 Å². The smallest absolute Gasteiger partial charge is 0.0864 e. The molecule has 0 amide bonds. The molecule has 0 aliphatic heterocycles. The van der Waals surface area contributed by atoms with E-state index < -0.39 is 6.10 Å². The van der Waals surface area contributed by atoms with Crippen LogP contribution in [-0.4, -0.2) is 32.9 Å². The molecule has 114 valence electrons. The SMILES string of the molecule is CCCCCCCCCCCC(=S)SC[C@@H](O)CO. The number of thioether (sulfide) groups is 1. The lowest BCUT2D eigenvalue weighted by molar-refractivity contribution is 0.114. The van der Waals surface area contributed by atoms with Crippen LogP contribution >= 0.6 is 24.0 Å². The van der Waals surface area contributed by atoms with Crippen LogP contribution in [-0.2, 0) is 0 Å². The van der Waals surface area contributed by atoms with Gasteiger partial charge in [0.2, 0.25) is 0 Å². The van der Waals surface area contributed by atoms with Crippen molar-refractivity contribution in [2.45, 2.75) is 77.2 Å². The molecule has 0 aliphatic rings. The molecule has 0 fully saturated rings. The second kappa shape index (κ2) is 14.8. The third-order valence-electron chi connectivity index (χ3n) is 3.13. The Balaban J connectivity index is 3.18. The highest BCUT2D eigenvalue weighted by molar-refractivity contribution is 8.23. The first-order valence-electron chi connectivity index (χ1n) is 7.65. The molecule has 0 unspecified atom stereocenters. The van der Waals surface area contributed by atoms with Crippen LogP contribution in [0.4, 0.5) is 0 Å². The van der Waals surface area contributed by atoms with Gasteiger partial charge in [0.15, 0.2) is 0 Å². The van der Waals surface area contributed by atoms with Gasteiger partial charge in [0.05, 0.1) is 12.7 Å². The maximum absolute atomic E-state index is 9.21. The highest BCUT2D eigenvalue weighted by atomic mass is 32.2. The van der Waals surface area contributed by atoms with Gasteiger partial charge in [-0.3, -0.25) is 0 Å². The largest absolute Gasteiger partial charge is 0.394 e. The molecule has 4 heteroatoms. The molecule has 0 heterocycles. The zero-order chi connectivity index (χ0) is 14.3. The van der Waals surface area contributed by atoms with Crippen molar-refractivity contribution in [1.29, 1.82) is 0 Å². The second-order valence-electron chi connectivity index (χ2n) is 5.10. The van der Waals surface area contributed by atoms with Crippen LogP contribution in [0, 0.1) is 0 Å². The minimum Gasteiger partial charge on any atom is -0.394 e. The van der Waals surface area contributed by atoms with Crippen LogP contribution in [0.2, 0.25) is 0 Å². The number of aliphatic hydroxyl groups excluding tert-OH is 2. The van der Waals surface area contributed by atoms with Gasteiger partial charge in [-0.2, -0.15) is 0 Å². The molecule has 0 rings (SSSR count). The topological polar surface area (TPSA) is 40.5 Å². The monoisotopic (exact) mass is 306 g/mol. The molecule has 1 atom stereocenters. The highest BCUT2D eigenvalue weighted by Gasteiger charge is 2.04. The van der Waals surface area contributed by atoms with E-state index in [0.29, 0.717) is 5.75 Å². The Kier molecular flexibility index (Phi) is 15.0. The van der Waals surface area contributed by atoms with Gasteiger partial charge in [0.1, 0.15) is 0 Å². The van der Waals surface area contributed by atoms with Gasteiger partial charge in [0.25, 0.3) is 0 Å². The molecule has 0 saturated heterocycles. The first-order valence-corrected chi connectivity index (χ1v) is 9.04. The first-order chi connectivity index (χ1) is 9.20. The molecule has 0 aromatic rings. The molecule has 2 N–H and O–H groups in total. The molecular formula is C15H30O2S2. The van der Waals surface area contributed by atoms with Crippen molar-refractivity contribution in [1.82, 2.24) is 0 Å². The molecule has 0 saturated carbocycles. The van der Waals surface area contributed by atoms with E-state index in [1.54, 1.807) is 0 Å². The van der Waals surface area contributed by atoms with Crippen LogP contribution in [0.5, 0.6) is 0 Å². The van der Waals surface area contributed by atoms with Gasteiger partial charge in [-0.15, -0.1) is 11.8 Å². The Morgan fingerprint density at radius 2 is 1.53 bits per heavy atom. The van der Waals surface area contributed by atoms with Gasteiger partial charge in [-0.25, -0.2) is 0 Å². The quantitative estimate of drug-likeness (QED) is 0.393. The zero-order valence-electron chi connectivity index (χ0n) is 12.3. The van der Waals surface area contributed by atoms with Crippen LogP contribution < -0.4 is 0 Å².